The van der Waals surface area contributed by atoms with Gasteiger partial charge in [0.2, 0.25) is 0 Å². The molecular formula is C18H15N5O3. The van der Waals surface area contributed by atoms with Crippen molar-refractivity contribution in [1.82, 2.24) is 19.4 Å². The maximum absolute atomic E-state index is 12.4. The highest BCUT2D eigenvalue weighted by Crippen LogP contribution is 2.07. The quantitative estimate of drug-likeness (QED) is 0.737. The first-order chi connectivity index (χ1) is 12.4. The van der Waals surface area contributed by atoms with Crippen molar-refractivity contribution in [3.05, 3.63) is 74.1 Å². The first kappa shape index (κ1) is 17.1. The van der Waals surface area contributed by atoms with Gasteiger partial charge in [-0.15, -0.1) is 0 Å². The van der Waals surface area contributed by atoms with E-state index in [0.29, 0.717) is 5.56 Å². The molecule has 0 unspecified atom stereocenters. The lowest BCUT2D eigenvalue weighted by Crippen LogP contribution is -2.37. The van der Waals surface area contributed by atoms with Gasteiger partial charge < -0.3 is 5.32 Å². The van der Waals surface area contributed by atoms with Gasteiger partial charge in [-0.2, -0.15) is 5.26 Å². The Bertz CT molecular complexity index is 1180. The molecule has 0 aliphatic heterocycles. The molecule has 2 heterocycles. The van der Waals surface area contributed by atoms with Crippen molar-refractivity contribution in [2.45, 2.75) is 6.54 Å². The van der Waals surface area contributed by atoms with Crippen molar-refractivity contribution in [2.75, 3.05) is 0 Å². The van der Waals surface area contributed by atoms with Crippen molar-refractivity contribution in [1.29, 1.82) is 5.26 Å². The fourth-order valence-corrected chi connectivity index (χ4v) is 2.60. The molecule has 0 bridgehead atoms. The zero-order chi connectivity index (χ0) is 18.8. The maximum atomic E-state index is 12.4. The molecule has 0 aliphatic rings. The number of rotatable bonds is 3. The zero-order valence-electron chi connectivity index (χ0n) is 14.2. The molecule has 3 aromatic rings. The summed E-state index contributed by atoms with van der Waals surface area (Å²) in [5.74, 6) is -0.442. The van der Waals surface area contributed by atoms with Crippen LogP contribution in [-0.4, -0.2) is 20.0 Å². The molecule has 0 aliphatic carbocycles. The average molecular weight is 349 g/mol. The highest BCUT2D eigenvalue weighted by atomic mass is 16.2. The summed E-state index contributed by atoms with van der Waals surface area (Å²) >= 11 is 0. The summed E-state index contributed by atoms with van der Waals surface area (Å²) in [6.07, 6.45) is 0. The summed E-state index contributed by atoms with van der Waals surface area (Å²) < 4.78 is 2.22. The van der Waals surface area contributed by atoms with Crippen LogP contribution in [0.25, 0.3) is 11.0 Å². The van der Waals surface area contributed by atoms with E-state index in [-0.39, 0.29) is 23.3 Å². The minimum atomic E-state index is -0.513. The number of carbonyl (C=O) groups excluding carboxylic acids is 1. The van der Waals surface area contributed by atoms with E-state index in [1.165, 1.54) is 30.8 Å². The molecule has 0 atom stereocenters. The van der Waals surface area contributed by atoms with Crippen LogP contribution in [0.4, 0.5) is 0 Å². The molecule has 1 aromatic carbocycles. The smallest absolute Gasteiger partial charge is 0.332 e. The Labute approximate surface area is 148 Å². The van der Waals surface area contributed by atoms with E-state index in [9.17, 15) is 14.4 Å². The number of aromatic nitrogens is 3. The number of aryl methyl sites for hydroxylation is 1. The van der Waals surface area contributed by atoms with Crippen molar-refractivity contribution < 1.29 is 4.79 Å². The third-order valence-electron chi connectivity index (χ3n) is 4.04. The van der Waals surface area contributed by atoms with Gasteiger partial charge in [0.1, 0.15) is 11.3 Å². The molecule has 0 saturated heterocycles. The van der Waals surface area contributed by atoms with Crippen LogP contribution in [0.15, 0.2) is 46.0 Å². The lowest BCUT2D eigenvalue weighted by molar-refractivity contribution is 0.0946. The van der Waals surface area contributed by atoms with Gasteiger partial charge in [-0.05, 0) is 29.8 Å². The van der Waals surface area contributed by atoms with E-state index in [0.717, 1.165) is 10.1 Å². The number of carbonyl (C=O) groups is 1. The van der Waals surface area contributed by atoms with Crippen LogP contribution < -0.4 is 16.6 Å². The summed E-state index contributed by atoms with van der Waals surface area (Å²) in [6, 6.07) is 11.9. The molecule has 0 saturated carbocycles. The number of nitrogens with one attached hydrogen (secondary N) is 1. The van der Waals surface area contributed by atoms with E-state index in [1.807, 2.05) is 6.07 Å². The van der Waals surface area contributed by atoms with E-state index in [1.54, 1.807) is 24.3 Å². The van der Waals surface area contributed by atoms with Crippen LogP contribution in [0.1, 0.15) is 21.6 Å². The van der Waals surface area contributed by atoms with Gasteiger partial charge in [0, 0.05) is 20.6 Å². The van der Waals surface area contributed by atoms with Crippen LogP contribution >= 0.6 is 0 Å². The minimum Gasteiger partial charge on any atom is -0.347 e. The topological polar surface area (TPSA) is 110 Å². The second kappa shape index (κ2) is 6.64. The van der Waals surface area contributed by atoms with Crippen LogP contribution in [0.3, 0.4) is 0 Å². The number of hydrogen-bond donors (Lipinski definition) is 1. The molecule has 8 nitrogen and oxygen atoms in total. The lowest BCUT2D eigenvalue weighted by atomic mass is 10.1. The van der Waals surface area contributed by atoms with E-state index < -0.39 is 17.2 Å². The summed E-state index contributed by atoms with van der Waals surface area (Å²) in [5.41, 5.74) is 0.553. The fourth-order valence-electron chi connectivity index (χ4n) is 2.60. The highest BCUT2D eigenvalue weighted by Gasteiger charge is 2.13. The number of fused-ring (bicyclic) bond motifs is 1. The van der Waals surface area contributed by atoms with Gasteiger partial charge in [-0.25, -0.2) is 9.78 Å². The SMILES string of the molecule is Cn1c(=O)c2ccc(C(=O)NCc3cccc(C#N)c3)nc2n(C)c1=O. The Morgan fingerprint density at radius 3 is 2.69 bits per heavy atom. The van der Waals surface area contributed by atoms with Gasteiger partial charge in [0.25, 0.3) is 11.5 Å². The standard InChI is InChI=1S/C18H15N5O3/c1-22-15-13(17(25)23(2)18(22)26)6-7-14(21-15)16(24)20-10-12-5-3-4-11(8-12)9-19/h3-8H,10H2,1-2H3,(H,20,24). The van der Waals surface area contributed by atoms with E-state index >= 15 is 0 Å². The largest absolute Gasteiger partial charge is 0.347 e. The molecular weight excluding hydrogens is 334 g/mol. The third-order valence-corrected chi connectivity index (χ3v) is 4.04. The number of pyridine rings is 1. The maximum Gasteiger partial charge on any atom is 0.332 e. The molecule has 0 fully saturated rings. The van der Waals surface area contributed by atoms with Crippen LogP contribution in [0, 0.1) is 11.3 Å². The Hall–Kier alpha value is -3.73. The first-order valence-electron chi connectivity index (χ1n) is 7.76. The van der Waals surface area contributed by atoms with Gasteiger partial charge in [0.05, 0.1) is 17.0 Å². The van der Waals surface area contributed by atoms with Crippen molar-refractivity contribution in [3.8, 4) is 6.07 Å². The molecule has 130 valence electrons. The fraction of sp³-hybridized carbons (Fsp3) is 0.167. The van der Waals surface area contributed by atoms with Crippen molar-refractivity contribution >= 4 is 16.9 Å². The molecule has 1 amide bonds. The summed E-state index contributed by atoms with van der Waals surface area (Å²) in [7, 11) is 2.88. The van der Waals surface area contributed by atoms with Crippen LogP contribution in [0.5, 0.6) is 0 Å². The van der Waals surface area contributed by atoms with E-state index in [2.05, 4.69) is 10.3 Å². The van der Waals surface area contributed by atoms with Gasteiger partial charge >= 0.3 is 5.69 Å². The normalized spacial score (nSPS) is 10.5. The monoisotopic (exact) mass is 349 g/mol. The number of hydrogen-bond acceptors (Lipinski definition) is 5. The number of nitriles is 1. The number of nitrogens with zero attached hydrogens (tertiary/aromatic N) is 4. The third kappa shape index (κ3) is 2.98. The minimum absolute atomic E-state index is 0.0946. The zero-order valence-corrected chi connectivity index (χ0v) is 14.2. The average Bonchev–Trinajstić information content (AvgIpc) is 2.68. The van der Waals surface area contributed by atoms with Crippen LogP contribution in [-0.2, 0) is 20.6 Å². The highest BCUT2D eigenvalue weighted by molar-refractivity contribution is 5.94. The Balaban J connectivity index is 1.90. The molecule has 1 N–H and O–H groups in total. The summed E-state index contributed by atoms with van der Waals surface area (Å²) in [6.45, 7) is 0.226. The Kier molecular flexibility index (Phi) is 4.37. The summed E-state index contributed by atoms with van der Waals surface area (Å²) in [4.78, 5) is 40.7. The second-order valence-electron chi connectivity index (χ2n) is 5.77. The predicted molar refractivity (Wildman–Crippen MR) is 94.6 cm³/mol. The van der Waals surface area contributed by atoms with E-state index in [4.69, 9.17) is 5.26 Å². The molecule has 8 heteroatoms. The number of benzene rings is 1. The predicted octanol–water partition coefficient (Wildman–Crippen LogP) is 0.434. The second-order valence-corrected chi connectivity index (χ2v) is 5.77. The molecule has 2 aromatic heterocycles. The lowest BCUT2D eigenvalue weighted by Gasteiger charge is -2.09. The molecule has 3 rings (SSSR count). The first-order valence-corrected chi connectivity index (χ1v) is 7.76. The summed E-state index contributed by atoms with van der Waals surface area (Å²) in [5, 5.41) is 11.9. The van der Waals surface area contributed by atoms with Crippen LogP contribution in [0.2, 0.25) is 0 Å². The molecule has 0 spiro atoms. The van der Waals surface area contributed by atoms with Gasteiger partial charge in [-0.1, -0.05) is 12.1 Å². The van der Waals surface area contributed by atoms with Crippen molar-refractivity contribution in [3.63, 3.8) is 0 Å². The molecule has 0 radical (unpaired) electrons. The number of amides is 1. The molecule has 26 heavy (non-hydrogen) atoms. The Morgan fingerprint density at radius 1 is 1.19 bits per heavy atom. The van der Waals surface area contributed by atoms with Crippen molar-refractivity contribution in [2.24, 2.45) is 14.1 Å². The Morgan fingerprint density at radius 2 is 1.96 bits per heavy atom. The van der Waals surface area contributed by atoms with Gasteiger partial charge in [0.15, 0.2) is 0 Å². The van der Waals surface area contributed by atoms with Gasteiger partial charge in [-0.3, -0.25) is 18.7 Å².